The molecule has 0 aliphatic carbocycles. The number of rotatable bonds is 6. The number of fused-ring (bicyclic) bond motifs is 1. The minimum atomic E-state index is 0.757. The molecule has 5 rings (SSSR count). The minimum Gasteiger partial charge on any atom is -0.379 e. The lowest BCUT2D eigenvalue weighted by atomic mass is 10.1. The van der Waals surface area contributed by atoms with Gasteiger partial charge in [0, 0.05) is 49.4 Å². The molecule has 1 aliphatic rings. The molecular formula is C23H27N7O. The second-order valence-corrected chi connectivity index (χ2v) is 8.04. The van der Waals surface area contributed by atoms with Crippen LogP contribution in [0.2, 0.25) is 0 Å². The normalized spacial score (nSPS) is 14.9. The van der Waals surface area contributed by atoms with Crippen molar-refractivity contribution in [2.24, 2.45) is 0 Å². The maximum atomic E-state index is 5.52. The lowest BCUT2D eigenvalue weighted by Gasteiger charge is -2.26. The Morgan fingerprint density at radius 1 is 1.06 bits per heavy atom. The third kappa shape index (κ3) is 4.30. The fourth-order valence-electron chi connectivity index (χ4n) is 4.01. The maximum Gasteiger partial charge on any atom is 0.161 e. The van der Waals surface area contributed by atoms with Crippen molar-refractivity contribution in [3.63, 3.8) is 0 Å². The summed E-state index contributed by atoms with van der Waals surface area (Å²) >= 11 is 0. The van der Waals surface area contributed by atoms with Gasteiger partial charge in [0.05, 0.1) is 24.6 Å². The molecule has 160 valence electrons. The van der Waals surface area contributed by atoms with E-state index in [0.29, 0.717) is 0 Å². The summed E-state index contributed by atoms with van der Waals surface area (Å²) in [6.45, 7) is 8.21. The first-order valence-electron chi connectivity index (χ1n) is 10.7. The van der Waals surface area contributed by atoms with E-state index in [1.165, 1.54) is 5.56 Å². The quantitative estimate of drug-likeness (QED) is 0.501. The summed E-state index contributed by atoms with van der Waals surface area (Å²) in [5, 5.41) is 15.5. The fourth-order valence-corrected chi connectivity index (χ4v) is 4.01. The van der Waals surface area contributed by atoms with Crippen LogP contribution in [0.4, 0.5) is 11.6 Å². The number of aryl methyl sites for hydroxylation is 2. The summed E-state index contributed by atoms with van der Waals surface area (Å²) in [5.74, 6) is 1.53. The van der Waals surface area contributed by atoms with Crippen LogP contribution in [-0.4, -0.2) is 56.0 Å². The van der Waals surface area contributed by atoms with E-state index in [-0.39, 0.29) is 0 Å². The molecule has 0 spiro atoms. The zero-order valence-corrected chi connectivity index (χ0v) is 17.9. The average molecular weight is 418 g/mol. The van der Waals surface area contributed by atoms with E-state index in [1.54, 1.807) is 0 Å². The second-order valence-electron chi connectivity index (χ2n) is 8.04. The Bertz CT molecular complexity index is 1180. The molecule has 1 fully saturated rings. The Kier molecular flexibility index (Phi) is 5.40. The lowest BCUT2D eigenvalue weighted by Crippen LogP contribution is -2.36. The van der Waals surface area contributed by atoms with Crippen molar-refractivity contribution in [1.29, 1.82) is 0 Å². The van der Waals surface area contributed by atoms with Crippen molar-refractivity contribution in [3.8, 4) is 0 Å². The molecule has 0 unspecified atom stereocenters. The Hall–Kier alpha value is -3.23. The SMILES string of the molecule is Cc1cc(Nc2cc(CN3CCOCC3)n3nc(C)c(Cc4ccccc4)c3n2)n[nH]1. The van der Waals surface area contributed by atoms with Gasteiger partial charge in [0.1, 0.15) is 5.82 Å². The van der Waals surface area contributed by atoms with Gasteiger partial charge < -0.3 is 10.1 Å². The summed E-state index contributed by atoms with van der Waals surface area (Å²) in [5.41, 5.74) is 6.40. The first-order chi connectivity index (χ1) is 15.2. The standard InChI is InChI=1S/C23H27N7O/c1-16-12-22(27-26-16)24-21-14-19(15-29-8-10-31-11-9-29)30-23(25-21)20(17(2)28-30)13-18-6-4-3-5-7-18/h3-7,12,14H,8-11,13,15H2,1-2H3,(H2,24,25,26,27). The monoisotopic (exact) mass is 417 g/mol. The van der Waals surface area contributed by atoms with E-state index in [9.17, 15) is 0 Å². The minimum absolute atomic E-state index is 0.757. The molecule has 0 amide bonds. The number of aromatic amines is 1. The molecule has 8 heteroatoms. The topological polar surface area (TPSA) is 83.4 Å². The van der Waals surface area contributed by atoms with E-state index < -0.39 is 0 Å². The van der Waals surface area contributed by atoms with Gasteiger partial charge >= 0.3 is 0 Å². The number of H-pyrrole nitrogens is 1. The molecule has 1 saturated heterocycles. The molecule has 1 aromatic carbocycles. The highest BCUT2D eigenvalue weighted by Crippen LogP contribution is 2.24. The van der Waals surface area contributed by atoms with Crippen molar-refractivity contribution in [2.75, 3.05) is 31.6 Å². The van der Waals surface area contributed by atoms with E-state index >= 15 is 0 Å². The average Bonchev–Trinajstić information content (AvgIpc) is 3.33. The number of ether oxygens (including phenoxy) is 1. The van der Waals surface area contributed by atoms with Crippen LogP contribution in [-0.2, 0) is 17.7 Å². The molecule has 0 radical (unpaired) electrons. The highest BCUT2D eigenvalue weighted by atomic mass is 16.5. The molecule has 1 aliphatic heterocycles. The third-order valence-corrected chi connectivity index (χ3v) is 5.63. The van der Waals surface area contributed by atoms with Crippen LogP contribution in [0, 0.1) is 13.8 Å². The van der Waals surface area contributed by atoms with Crippen molar-refractivity contribution in [3.05, 3.63) is 70.7 Å². The van der Waals surface area contributed by atoms with Crippen LogP contribution in [0.5, 0.6) is 0 Å². The molecule has 8 nitrogen and oxygen atoms in total. The highest BCUT2D eigenvalue weighted by Gasteiger charge is 2.19. The first kappa shape index (κ1) is 19.7. The van der Waals surface area contributed by atoms with Crippen LogP contribution in [0.25, 0.3) is 5.65 Å². The smallest absolute Gasteiger partial charge is 0.161 e. The molecule has 0 atom stereocenters. The number of nitrogens with one attached hydrogen (secondary N) is 2. The van der Waals surface area contributed by atoms with E-state index in [0.717, 1.165) is 79.2 Å². The predicted molar refractivity (Wildman–Crippen MR) is 120 cm³/mol. The number of anilines is 2. The Morgan fingerprint density at radius 3 is 2.61 bits per heavy atom. The molecule has 0 saturated carbocycles. The van der Waals surface area contributed by atoms with E-state index in [4.69, 9.17) is 14.8 Å². The summed E-state index contributed by atoms with van der Waals surface area (Å²) in [7, 11) is 0. The van der Waals surface area contributed by atoms with Gasteiger partial charge in [-0.1, -0.05) is 30.3 Å². The molecule has 2 N–H and O–H groups in total. The van der Waals surface area contributed by atoms with Crippen LogP contribution >= 0.6 is 0 Å². The van der Waals surface area contributed by atoms with E-state index in [2.05, 4.69) is 57.7 Å². The summed E-state index contributed by atoms with van der Waals surface area (Å²) in [6, 6.07) is 14.5. The second kappa shape index (κ2) is 8.49. The number of benzene rings is 1. The Labute approximate surface area is 181 Å². The largest absolute Gasteiger partial charge is 0.379 e. The van der Waals surface area contributed by atoms with Crippen LogP contribution in [0.15, 0.2) is 42.5 Å². The fraction of sp³-hybridized carbons (Fsp3) is 0.348. The Balaban J connectivity index is 1.56. The number of nitrogens with zero attached hydrogens (tertiary/aromatic N) is 5. The zero-order chi connectivity index (χ0) is 21.2. The number of aromatic nitrogens is 5. The lowest BCUT2D eigenvalue weighted by molar-refractivity contribution is 0.0334. The van der Waals surface area contributed by atoms with Crippen molar-refractivity contribution in [1.82, 2.24) is 29.7 Å². The first-order valence-corrected chi connectivity index (χ1v) is 10.7. The molecule has 0 bridgehead atoms. The third-order valence-electron chi connectivity index (χ3n) is 5.63. The molecular weight excluding hydrogens is 390 g/mol. The summed E-state index contributed by atoms with van der Waals surface area (Å²) < 4.78 is 7.52. The number of hydrogen-bond acceptors (Lipinski definition) is 6. The highest BCUT2D eigenvalue weighted by molar-refractivity contribution is 5.60. The van der Waals surface area contributed by atoms with Gasteiger partial charge in [0.25, 0.3) is 0 Å². The Morgan fingerprint density at radius 2 is 1.87 bits per heavy atom. The van der Waals surface area contributed by atoms with Gasteiger partial charge in [-0.15, -0.1) is 0 Å². The van der Waals surface area contributed by atoms with E-state index in [1.807, 2.05) is 23.6 Å². The van der Waals surface area contributed by atoms with Crippen LogP contribution < -0.4 is 5.32 Å². The van der Waals surface area contributed by atoms with Crippen molar-refractivity contribution < 1.29 is 4.74 Å². The molecule has 31 heavy (non-hydrogen) atoms. The van der Waals surface area contributed by atoms with Gasteiger partial charge in [0.2, 0.25) is 0 Å². The van der Waals surface area contributed by atoms with Crippen molar-refractivity contribution in [2.45, 2.75) is 26.8 Å². The molecule has 3 aromatic heterocycles. The van der Waals surface area contributed by atoms with Gasteiger partial charge in [0.15, 0.2) is 11.5 Å². The summed E-state index contributed by atoms with van der Waals surface area (Å²) in [6.07, 6.45) is 0.797. The zero-order valence-electron chi connectivity index (χ0n) is 17.9. The van der Waals surface area contributed by atoms with Crippen LogP contribution in [0.3, 0.4) is 0 Å². The number of morpholine rings is 1. The maximum absolute atomic E-state index is 5.52. The van der Waals surface area contributed by atoms with Gasteiger partial charge in [-0.05, 0) is 19.4 Å². The van der Waals surface area contributed by atoms with Gasteiger partial charge in [-0.25, -0.2) is 9.50 Å². The predicted octanol–water partition coefficient (Wildman–Crippen LogP) is 3.24. The molecule has 4 aromatic rings. The van der Waals surface area contributed by atoms with Gasteiger partial charge in [-0.3, -0.25) is 10.00 Å². The van der Waals surface area contributed by atoms with Gasteiger partial charge in [-0.2, -0.15) is 10.2 Å². The van der Waals surface area contributed by atoms with Crippen LogP contribution in [0.1, 0.15) is 28.2 Å². The number of hydrogen-bond donors (Lipinski definition) is 2. The summed E-state index contributed by atoms with van der Waals surface area (Å²) in [4.78, 5) is 7.34. The molecule has 4 heterocycles. The van der Waals surface area contributed by atoms with Crippen molar-refractivity contribution >= 4 is 17.3 Å².